The number of hydrogen-bond donors (Lipinski definition) is 4. The lowest BCUT2D eigenvalue weighted by Gasteiger charge is -2.24. The fourth-order valence-electron chi connectivity index (χ4n) is 2.60. The van der Waals surface area contributed by atoms with Gasteiger partial charge in [0.05, 0.1) is 6.04 Å². The number of aliphatic carboxylic acids is 1. The summed E-state index contributed by atoms with van der Waals surface area (Å²) in [6.07, 6.45) is 3.16. The van der Waals surface area contributed by atoms with Crippen LogP contribution in [0.3, 0.4) is 0 Å². The van der Waals surface area contributed by atoms with Crippen LogP contribution in [0, 0.1) is 5.92 Å². The van der Waals surface area contributed by atoms with Crippen LogP contribution in [0.1, 0.15) is 32.3 Å². The normalized spacial score (nSPS) is 15.1. The quantitative estimate of drug-likeness (QED) is 0.414. The molecule has 0 aliphatic rings. The number of carbonyl (C=O) groups excluding carboxylic acids is 2. The highest BCUT2D eigenvalue weighted by atomic mass is 32.2. The molecule has 28 heavy (non-hydrogen) atoms. The SMILES string of the molecule is CC[C@H](C)[C@H](N)C(=O)N[C@@H](Cc1ccccc1)C(=O)N[C@@H](CCSC)C(=O)O. The third-order valence-electron chi connectivity index (χ3n) is 4.70. The van der Waals surface area contributed by atoms with E-state index in [0.29, 0.717) is 12.2 Å². The molecule has 8 heteroatoms. The standard InChI is InChI=1S/C20H31N3O4S/c1-4-13(2)17(21)19(25)23-16(12-14-8-6-5-7-9-14)18(24)22-15(20(26)27)10-11-28-3/h5-9,13,15-17H,4,10-12,21H2,1-3H3,(H,22,24)(H,23,25)(H,26,27)/t13-,15-,16-,17-/m0/s1. The first-order valence-electron chi connectivity index (χ1n) is 9.42. The van der Waals surface area contributed by atoms with Gasteiger partial charge in [-0.05, 0) is 29.9 Å². The number of hydrogen-bond acceptors (Lipinski definition) is 5. The number of nitrogens with two attached hydrogens (primary N) is 1. The zero-order valence-corrected chi connectivity index (χ0v) is 17.5. The maximum Gasteiger partial charge on any atom is 0.326 e. The minimum Gasteiger partial charge on any atom is -0.480 e. The van der Waals surface area contributed by atoms with Gasteiger partial charge in [-0.15, -0.1) is 0 Å². The number of nitrogens with one attached hydrogen (secondary N) is 2. The lowest BCUT2D eigenvalue weighted by molar-refractivity contribution is -0.142. The second-order valence-electron chi connectivity index (χ2n) is 6.84. The van der Waals surface area contributed by atoms with E-state index in [-0.39, 0.29) is 12.3 Å². The van der Waals surface area contributed by atoms with Crippen molar-refractivity contribution >= 4 is 29.5 Å². The van der Waals surface area contributed by atoms with Crippen LogP contribution in [0.5, 0.6) is 0 Å². The van der Waals surface area contributed by atoms with Crippen LogP contribution >= 0.6 is 11.8 Å². The Balaban J connectivity index is 2.93. The molecule has 5 N–H and O–H groups in total. The summed E-state index contributed by atoms with van der Waals surface area (Å²) in [7, 11) is 0. The van der Waals surface area contributed by atoms with E-state index in [1.165, 1.54) is 11.8 Å². The van der Waals surface area contributed by atoms with E-state index >= 15 is 0 Å². The molecule has 0 aliphatic carbocycles. The monoisotopic (exact) mass is 409 g/mol. The summed E-state index contributed by atoms with van der Waals surface area (Å²) >= 11 is 1.50. The molecule has 0 unspecified atom stereocenters. The average molecular weight is 410 g/mol. The van der Waals surface area contributed by atoms with Gasteiger partial charge in [0.15, 0.2) is 0 Å². The lowest BCUT2D eigenvalue weighted by atomic mass is 9.98. The van der Waals surface area contributed by atoms with E-state index in [1.807, 2.05) is 50.4 Å². The number of thioether (sulfide) groups is 1. The molecule has 156 valence electrons. The Morgan fingerprint density at radius 2 is 1.71 bits per heavy atom. The van der Waals surface area contributed by atoms with Crippen LogP contribution in [0.2, 0.25) is 0 Å². The van der Waals surface area contributed by atoms with E-state index < -0.39 is 35.9 Å². The van der Waals surface area contributed by atoms with Crippen molar-refractivity contribution in [2.75, 3.05) is 12.0 Å². The molecule has 1 aromatic rings. The van der Waals surface area contributed by atoms with E-state index in [9.17, 15) is 19.5 Å². The first-order chi connectivity index (χ1) is 13.3. The van der Waals surface area contributed by atoms with Gasteiger partial charge in [0.2, 0.25) is 11.8 Å². The smallest absolute Gasteiger partial charge is 0.326 e. The topological polar surface area (TPSA) is 122 Å². The van der Waals surface area contributed by atoms with E-state index in [2.05, 4.69) is 10.6 Å². The largest absolute Gasteiger partial charge is 0.480 e. The summed E-state index contributed by atoms with van der Waals surface area (Å²) < 4.78 is 0. The molecule has 4 atom stereocenters. The van der Waals surface area contributed by atoms with Crippen LogP contribution in [-0.4, -0.2) is 53.0 Å². The van der Waals surface area contributed by atoms with Crippen molar-refractivity contribution in [1.82, 2.24) is 10.6 Å². The average Bonchev–Trinajstić information content (AvgIpc) is 2.69. The molecule has 7 nitrogen and oxygen atoms in total. The van der Waals surface area contributed by atoms with Gasteiger partial charge in [-0.25, -0.2) is 4.79 Å². The highest BCUT2D eigenvalue weighted by Crippen LogP contribution is 2.09. The van der Waals surface area contributed by atoms with Gasteiger partial charge >= 0.3 is 5.97 Å². The Bertz CT molecular complexity index is 642. The third kappa shape index (κ3) is 7.90. The van der Waals surface area contributed by atoms with Crippen molar-refractivity contribution in [1.29, 1.82) is 0 Å². The van der Waals surface area contributed by atoms with Crippen LogP contribution in [0.25, 0.3) is 0 Å². The molecule has 1 aromatic carbocycles. The number of amides is 2. The van der Waals surface area contributed by atoms with Crippen molar-refractivity contribution < 1.29 is 19.5 Å². The van der Waals surface area contributed by atoms with Gasteiger partial charge < -0.3 is 21.5 Å². The minimum atomic E-state index is -1.09. The number of carboxylic acid groups (broad SMARTS) is 1. The summed E-state index contributed by atoms with van der Waals surface area (Å²) in [6, 6.07) is 6.61. The molecule has 0 saturated carbocycles. The Hall–Kier alpha value is -2.06. The summed E-state index contributed by atoms with van der Waals surface area (Å²) in [4.78, 5) is 36.7. The molecule has 0 aromatic heterocycles. The highest BCUT2D eigenvalue weighted by molar-refractivity contribution is 7.98. The van der Waals surface area contributed by atoms with Crippen LogP contribution < -0.4 is 16.4 Å². The first kappa shape index (κ1) is 24.0. The maximum atomic E-state index is 12.8. The van der Waals surface area contributed by atoms with Crippen LogP contribution in [0.4, 0.5) is 0 Å². The summed E-state index contributed by atoms with van der Waals surface area (Å²) in [5, 5.41) is 14.6. The van der Waals surface area contributed by atoms with Crippen LogP contribution in [-0.2, 0) is 20.8 Å². The Morgan fingerprint density at radius 3 is 2.25 bits per heavy atom. The van der Waals surface area contributed by atoms with Crippen molar-refractivity contribution in [3.63, 3.8) is 0 Å². The Labute approximate surface area is 170 Å². The zero-order chi connectivity index (χ0) is 21.1. The van der Waals surface area contributed by atoms with E-state index in [0.717, 1.165) is 12.0 Å². The van der Waals surface area contributed by atoms with Gasteiger partial charge in [-0.3, -0.25) is 9.59 Å². The number of carbonyl (C=O) groups is 3. The van der Waals surface area contributed by atoms with Gasteiger partial charge in [0, 0.05) is 6.42 Å². The van der Waals surface area contributed by atoms with Crippen molar-refractivity contribution in [3.05, 3.63) is 35.9 Å². The van der Waals surface area contributed by atoms with Gasteiger partial charge in [-0.1, -0.05) is 50.6 Å². The molecule has 0 heterocycles. The lowest BCUT2D eigenvalue weighted by Crippen LogP contribution is -2.56. The fourth-order valence-corrected chi connectivity index (χ4v) is 3.08. The summed E-state index contributed by atoms with van der Waals surface area (Å²) in [5.41, 5.74) is 6.85. The molecular weight excluding hydrogens is 378 g/mol. The molecule has 0 radical (unpaired) electrons. The van der Waals surface area contributed by atoms with E-state index in [4.69, 9.17) is 5.73 Å². The minimum absolute atomic E-state index is 0.0335. The van der Waals surface area contributed by atoms with Crippen molar-refractivity contribution in [2.45, 2.75) is 51.2 Å². The van der Waals surface area contributed by atoms with Crippen molar-refractivity contribution in [2.24, 2.45) is 11.7 Å². The molecule has 0 saturated heterocycles. The molecule has 1 rings (SSSR count). The molecule has 0 fully saturated rings. The highest BCUT2D eigenvalue weighted by Gasteiger charge is 2.29. The predicted octanol–water partition coefficient (Wildman–Crippen LogP) is 1.41. The molecular formula is C20H31N3O4S. The molecule has 0 bridgehead atoms. The number of rotatable bonds is 12. The fraction of sp³-hybridized carbons (Fsp3) is 0.550. The Kier molecular flexibility index (Phi) is 10.6. The summed E-state index contributed by atoms with van der Waals surface area (Å²) in [5.74, 6) is -1.47. The molecule has 0 aliphatic heterocycles. The molecule has 2 amide bonds. The maximum absolute atomic E-state index is 12.8. The van der Waals surface area contributed by atoms with Crippen molar-refractivity contribution in [3.8, 4) is 0 Å². The number of benzene rings is 1. The van der Waals surface area contributed by atoms with Gasteiger partial charge in [-0.2, -0.15) is 11.8 Å². The van der Waals surface area contributed by atoms with Crippen LogP contribution in [0.15, 0.2) is 30.3 Å². The third-order valence-corrected chi connectivity index (χ3v) is 5.34. The summed E-state index contributed by atoms with van der Waals surface area (Å²) in [6.45, 7) is 3.81. The van der Waals surface area contributed by atoms with Gasteiger partial charge in [0.25, 0.3) is 0 Å². The zero-order valence-electron chi connectivity index (χ0n) is 16.7. The van der Waals surface area contributed by atoms with E-state index in [1.54, 1.807) is 0 Å². The van der Waals surface area contributed by atoms with Gasteiger partial charge in [0.1, 0.15) is 12.1 Å². The second kappa shape index (κ2) is 12.4. The number of carboxylic acids is 1. The first-order valence-corrected chi connectivity index (χ1v) is 10.8. The second-order valence-corrected chi connectivity index (χ2v) is 7.83. The molecule has 0 spiro atoms. The Morgan fingerprint density at radius 1 is 1.11 bits per heavy atom. The predicted molar refractivity (Wildman–Crippen MR) is 112 cm³/mol.